The molecule has 124 valence electrons. The van der Waals surface area contributed by atoms with Gasteiger partial charge >= 0.3 is 0 Å². The molecule has 4 rings (SSSR count). The van der Waals surface area contributed by atoms with Gasteiger partial charge in [-0.15, -0.1) is 0 Å². The van der Waals surface area contributed by atoms with Crippen LogP contribution in [0.25, 0.3) is 11.1 Å². The van der Waals surface area contributed by atoms with Crippen LogP contribution < -0.4 is 4.74 Å². The average Bonchev–Trinajstić information content (AvgIpc) is 3.35. The number of benzene rings is 1. The van der Waals surface area contributed by atoms with Crippen LogP contribution >= 0.6 is 0 Å². The van der Waals surface area contributed by atoms with Gasteiger partial charge in [-0.3, -0.25) is 9.78 Å². The second kappa shape index (κ2) is 6.24. The monoisotopic (exact) mass is 324 g/mol. The highest BCUT2D eigenvalue weighted by Gasteiger charge is 2.32. The normalized spacial score (nSPS) is 15.7. The van der Waals surface area contributed by atoms with Crippen molar-refractivity contribution in [3.05, 3.63) is 47.8 Å². The van der Waals surface area contributed by atoms with Gasteiger partial charge in [-0.1, -0.05) is 6.07 Å². The number of pyridine rings is 1. The molecule has 2 heterocycles. The lowest BCUT2D eigenvalue weighted by Gasteiger charge is -2.21. The molecule has 5 nitrogen and oxygen atoms in total. The van der Waals surface area contributed by atoms with Crippen LogP contribution in [0.2, 0.25) is 0 Å². The van der Waals surface area contributed by atoms with Gasteiger partial charge in [0.2, 0.25) is 0 Å². The lowest BCUT2D eigenvalue weighted by molar-refractivity contribution is 0.0707. The Balaban J connectivity index is 1.62. The second-order valence-corrected chi connectivity index (χ2v) is 6.34. The van der Waals surface area contributed by atoms with Crippen molar-refractivity contribution in [1.29, 1.82) is 0 Å². The summed E-state index contributed by atoms with van der Waals surface area (Å²) in [6, 6.07) is 8.25. The Labute approximate surface area is 140 Å². The molecule has 1 amide bonds. The molecule has 0 unspecified atom stereocenters. The first-order valence-electron chi connectivity index (χ1n) is 8.39. The maximum atomic E-state index is 12.7. The third-order valence-electron chi connectivity index (χ3n) is 4.60. The van der Waals surface area contributed by atoms with Crippen LogP contribution in [-0.4, -0.2) is 46.7 Å². The van der Waals surface area contributed by atoms with Crippen molar-refractivity contribution in [3.8, 4) is 16.9 Å². The topological polar surface area (TPSA) is 62.7 Å². The predicted octanol–water partition coefficient (Wildman–Crippen LogP) is 2.28. The van der Waals surface area contributed by atoms with Crippen LogP contribution in [0.5, 0.6) is 5.75 Å². The molecule has 0 atom stereocenters. The summed E-state index contributed by atoms with van der Waals surface area (Å²) in [5, 5.41) is 9.21. The van der Waals surface area contributed by atoms with E-state index in [0.29, 0.717) is 12.1 Å². The van der Waals surface area contributed by atoms with Crippen LogP contribution in [0.3, 0.4) is 0 Å². The molecule has 0 spiro atoms. The van der Waals surface area contributed by atoms with Crippen molar-refractivity contribution in [3.63, 3.8) is 0 Å². The highest BCUT2D eigenvalue weighted by Crippen LogP contribution is 2.31. The van der Waals surface area contributed by atoms with E-state index in [1.807, 2.05) is 18.2 Å². The van der Waals surface area contributed by atoms with Gasteiger partial charge in [0.05, 0.1) is 18.8 Å². The summed E-state index contributed by atoms with van der Waals surface area (Å²) in [6.45, 7) is 1.09. The summed E-state index contributed by atoms with van der Waals surface area (Å²) < 4.78 is 5.54. The number of hydrogen-bond acceptors (Lipinski definition) is 4. The smallest absolute Gasteiger partial charge is 0.255 e. The predicted molar refractivity (Wildman–Crippen MR) is 90.0 cm³/mol. The van der Waals surface area contributed by atoms with Gasteiger partial charge in [-0.25, -0.2) is 0 Å². The number of aliphatic hydroxyl groups excluding tert-OH is 1. The number of rotatable bonds is 5. The van der Waals surface area contributed by atoms with Gasteiger partial charge in [-0.05, 0) is 42.2 Å². The van der Waals surface area contributed by atoms with Gasteiger partial charge in [0.1, 0.15) is 5.75 Å². The maximum absolute atomic E-state index is 12.7. The van der Waals surface area contributed by atoms with Gasteiger partial charge in [-0.2, -0.15) is 0 Å². The largest absolute Gasteiger partial charge is 0.493 e. The second-order valence-electron chi connectivity index (χ2n) is 6.34. The average molecular weight is 324 g/mol. The Bertz CT molecular complexity index is 771. The molecule has 1 aromatic carbocycles. The number of carbonyl (C=O) groups is 1. The van der Waals surface area contributed by atoms with E-state index in [9.17, 15) is 9.90 Å². The Morgan fingerprint density at radius 1 is 1.25 bits per heavy atom. The minimum atomic E-state index is -0.0506. The van der Waals surface area contributed by atoms with Gasteiger partial charge in [0.25, 0.3) is 5.91 Å². The number of aromatic nitrogens is 1. The molecule has 0 radical (unpaired) electrons. The number of ether oxygens (including phenoxy) is 1. The minimum absolute atomic E-state index is 0.0137. The van der Waals surface area contributed by atoms with Crippen molar-refractivity contribution in [2.24, 2.45) is 0 Å². The lowest BCUT2D eigenvalue weighted by atomic mass is 10.0. The van der Waals surface area contributed by atoms with Crippen molar-refractivity contribution >= 4 is 5.91 Å². The standard InChI is InChI=1S/C19H20N2O3/c22-7-6-21(17-2-3-17)19(23)16-10-15(11-20-12-16)13-1-4-18-14(9-13)5-8-24-18/h1,4,9-12,17,22H,2-3,5-8H2. The summed E-state index contributed by atoms with van der Waals surface area (Å²) in [7, 11) is 0. The summed E-state index contributed by atoms with van der Waals surface area (Å²) >= 11 is 0. The number of nitrogens with zero attached hydrogens (tertiary/aromatic N) is 2. The van der Waals surface area contributed by atoms with Crippen LogP contribution in [0, 0.1) is 0 Å². The fraction of sp³-hybridized carbons (Fsp3) is 0.368. The van der Waals surface area contributed by atoms with Gasteiger partial charge in [0.15, 0.2) is 0 Å². The summed E-state index contributed by atoms with van der Waals surface area (Å²) in [4.78, 5) is 18.8. The molecular formula is C19H20N2O3. The number of amides is 1. The van der Waals surface area contributed by atoms with E-state index < -0.39 is 0 Å². The summed E-state index contributed by atoms with van der Waals surface area (Å²) in [6.07, 6.45) is 6.34. The highest BCUT2D eigenvalue weighted by atomic mass is 16.5. The third-order valence-corrected chi connectivity index (χ3v) is 4.60. The zero-order chi connectivity index (χ0) is 16.5. The van der Waals surface area contributed by atoms with Crippen LogP contribution in [0.1, 0.15) is 28.8 Å². The molecule has 1 aliphatic heterocycles. The molecule has 1 aliphatic carbocycles. The molecule has 0 saturated heterocycles. The Morgan fingerprint density at radius 3 is 2.92 bits per heavy atom. The van der Waals surface area contributed by atoms with Crippen molar-refractivity contribution < 1.29 is 14.6 Å². The fourth-order valence-electron chi connectivity index (χ4n) is 3.19. The van der Waals surface area contributed by atoms with Crippen LogP contribution in [-0.2, 0) is 6.42 Å². The fourth-order valence-corrected chi connectivity index (χ4v) is 3.19. The van der Waals surface area contributed by atoms with E-state index in [1.54, 1.807) is 17.3 Å². The summed E-state index contributed by atoms with van der Waals surface area (Å²) in [5.74, 6) is 0.896. The first-order chi connectivity index (χ1) is 11.8. The molecule has 1 aromatic heterocycles. The zero-order valence-electron chi connectivity index (χ0n) is 13.4. The van der Waals surface area contributed by atoms with E-state index in [2.05, 4.69) is 11.1 Å². The molecule has 24 heavy (non-hydrogen) atoms. The third kappa shape index (κ3) is 2.87. The van der Waals surface area contributed by atoms with Gasteiger partial charge in [0, 0.05) is 37.0 Å². The molecule has 1 N–H and O–H groups in total. The molecule has 2 aromatic rings. The Hall–Kier alpha value is -2.40. The van der Waals surface area contributed by atoms with E-state index in [0.717, 1.165) is 42.7 Å². The number of aliphatic hydroxyl groups is 1. The number of fused-ring (bicyclic) bond motifs is 1. The van der Waals surface area contributed by atoms with Crippen molar-refractivity contribution in [2.75, 3.05) is 19.8 Å². The Morgan fingerprint density at radius 2 is 2.12 bits per heavy atom. The maximum Gasteiger partial charge on any atom is 0.255 e. The first kappa shape index (κ1) is 15.1. The first-order valence-corrected chi connectivity index (χ1v) is 8.39. The number of hydrogen-bond donors (Lipinski definition) is 1. The minimum Gasteiger partial charge on any atom is -0.493 e. The van der Waals surface area contributed by atoms with Crippen molar-refractivity contribution in [1.82, 2.24) is 9.88 Å². The Kier molecular flexibility index (Phi) is 3.94. The van der Waals surface area contributed by atoms with Crippen LogP contribution in [0.15, 0.2) is 36.7 Å². The van der Waals surface area contributed by atoms with Crippen molar-refractivity contribution in [2.45, 2.75) is 25.3 Å². The SMILES string of the molecule is O=C(c1cncc(-c2ccc3c(c2)CCO3)c1)N(CCO)C1CC1. The summed E-state index contributed by atoms with van der Waals surface area (Å²) in [5.41, 5.74) is 3.74. The molecule has 1 saturated carbocycles. The van der Waals surface area contributed by atoms with Crippen LogP contribution in [0.4, 0.5) is 0 Å². The van der Waals surface area contributed by atoms with Gasteiger partial charge < -0.3 is 14.7 Å². The van der Waals surface area contributed by atoms with E-state index in [-0.39, 0.29) is 18.6 Å². The lowest BCUT2D eigenvalue weighted by Crippen LogP contribution is -2.35. The van der Waals surface area contributed by atoms with E-state index in [4.69, 9.17) is 4.74 Å². The molecular weight excluding hydrogens is 304 g/mol. The molecule has 1 fully saturated rings. The highest BCUT2D eigenvalue weighted by molar-refractivity contribution is 5.95. The zero-order valence-corrected chi connectivity index (χ0v) is 13.4. The number of carbonyl (C=O) groups excluding carboxylic acids is 1. The van der Waals surface area contributed by atoms with E-state index in [1.165, 1.54) is 5.56 Å². The quantitative estimate of drug-likeness (QED) is 0.916. The molecule has 5 heteroatoms. The molecule has 2 aliphatic rings. The molecule has 0 bridgehead atoms. The van der Waals surface area contributed by atoms with E-state index >= 15 is 0 Å².